The monoisotopic (exact) mass is 221 g/mol. The van der Waals surface area contributed by atoms with Gasteiger partial charge in [-0.15, -0.1) is 0 Å². The number of nitrogens with two attached hydrogens (primary N) is 1. The number of pyridine rings is 1. The van der Waals surface area contributed by atoms with Crippen LogP contribution in [-0.2, 0) is 6.42 Å². The molecule has 2 aromatic heterocycles. The van der Waals surface area contributed by atoms with Crippen molar-refractivity contribution in [3.8, 4) is 5.19 Å². The van der Waals surface area contributed by atoms with Gasteiger partial charge in [-0.25, -0.2) is 4.98 Å². The number of thiazole rings is 1. The fourth-order valence-electron chi connectivity index (χ4n) is 1.13. The predicted molar refractivity (Wildman–Crippen MR) is 60.0 cm³/mol. The summed E-state index contributed by atoms with van der Waals surface area (Å²) in [4.78, 5) is 8.19. The van der Waals surface area contributed by atoms with Crippen molar-refractivity contribution in [2.24, 2.45) is 0 Å². The Bertz CT molecular complexity index is 416. The van der Waals surface area contributed by atoms with Crippen LogP contribution < -0.4 is 10.5 Å². The molecule has 15 heavy (non-hydrogen) atoms. The van der Waals surface area contributed by atoms with Crippen molar-refractivity contribution in [1.29, 1.82) is 0 Å². The summed E-state index contributed by atoms with van der Waals surface area (Å²) >= 11 is 1.35. The molecule has 0 saturated heterocycles. The van der Waals surface area contributed by atoms with Gasteiger partial charge in [-0.3, -0.25) is 4.98 Å². The van der Waals surface area contributed by atoms with Crippen LogP contribution in [0.4, 0.5) is 5.00 Å². The Hall–Kier alpha value is -1.62. The maximum Gasteiger partial charge on any atom is 0.275 e. The van der Waals surface area contributed by atoms with Crippen molar-refractivity contribution < 1.29 is 4.74 Å². The third-order valence-corrected chi connectivity index (χ3v) is 2.55. The topological polar surface area (TPSA) is 61.0 Å². The molecule has 0 aliphatic rings. The van der Waals surface area contributed by atoms with Crippen LogP contribution >= 0.6 is 11.3 Å². The molecule has 2 N–H and O–H groups in total. The van der Waals surface area contributed by atoms with Crippen LogP contribution in [0.1, 0.15) is 5.69 Å². The molecule has 0 aromatic carbocycles. The van der Waals surface area contributed by atoms with E-state index in [2.05, 4.69) is 9.97 Å². The van der Waals surface area contributed by atoms with Crippen LogP contribution in [0.2, 0.25) is 0 Å². The summed E-state index contributed by atoms with van der Waals surface area (Å²) < 4.78 is 5.42. The van der Waals surface area contributed by atoms with Gasteiger partial charge in [-0.2, -0.15) is 0 Å². The number of ether oxygens (including phenoxy) is 1. The second-order valence-electron chi connectivity index (χ2n) is 2.95. The highest BCUT2D eigenvalue weighted by Crippen LogP contribution is 2.21. The zero-order valence-electron chi connectivity index (χ0n) is 8.09. The first-order chi connectivity index (χ1) is 7.34. The largest absolute Gasteiger partial charge is 0.470 e. The van der Waals surface area contributed by atoms with E-state index in [1.807, 2.05) is 18.2 Å². The highest BCUT2D eigenvalue weighted by Gasteiger charge is 2.00. The number of aromatic nitrogens is 2. The van der Waals surface area contributed by atoms with Gasteiger partial charge in [0.1, 0.15) is 5.00 Å². The third-order valence-electron chi connectivity index (χ3n) is 1.81. The smallest absolute Gasteiger partial charge is 0.275 e. The zero-order valence-corrected chi connectivity index (χ0v) is 8.91. The van der Waals surface area contributed by atoms with Gasteiger partial charge in [0.05, 0.1) is 12.8 Å². The molecule has 0 aliphatic carbocycles. The first kappa shape index (κ1) is 9.92. The Balaban J connectivity index is 1.80. The zero-order chi connectivity index (χ0) is 10.5. The van der Waals surface area contributed by atoms with E-state index < -0.39 is 0 Å². The molecule has 0 atom stereocenters. The molecule has 4 nitrogen and oxygen atoms in total. The number of rotatable bonds is 4. The Morgan fingerprint density at radius 1 is 1.33 bits per heavy atom. The predicted octanol–water partition coefficient (Wildman–Crippen LogP) is 1.74. The Labute approximate surface area is 91.8 Å². The number of nitrogen functional groups attached to an aromatic ring is 1. The average molecular weight is 221 g/mol. The van der Waals surface area contributed by atoms with Gasteiger partial charge in [0.2, 0.25) is 0 Å². The maximum atomic E-state index is 5.53. The number of anilines is 1. The van der Waals surface area contributed by atoms with Crippen LogP contribution in [0.3, 0.4) is 0 Å². The van der Waals surface area contributed by atoms with E-state index in [4.69, 9.17) is 10.5 Å². The molecular weight excluding hydrogens is 210 g/mol. The summed E-state index contributed by atoms with van der Waals surface area (Å²) in [5.74, 6) is 0. The Kier molecular flexibility index (Phi) is 3.14. The summed E-state index contributed by atoms with van der Waals surface area (Å²) in [7, 11) is 0. The highest BCUT2D eigenvalue weighted by atomic mass is 32.1. The lowest BCUT2D eigenvalue weighted by atomic mass is 10.3. The van der Waals surface area contributed by atoms with Crippen LogP contribution in [0.5, 0.6) is 5.19 Å². The third kappa shape index (κ3) is 2.92. The van der Waals surface area contributed by atoms with Crippen molar-refractivity contribution in [3.63, 3.8) is 0 Å². The summed E-state index contributed by atoms with van der Waals surface area (Å²) in [5.41, 5.74) is 6.54. The standard InChI is InChI=1S/C10H11N3OS/c11-9-7-13-10(15-9)14-6-4-8-3-1-2-5-12-8/h1-3,5,7H,4,6,11H2. The van der Waals surface area contributed by atoms with E-state index in [1.165, 1.54) is 11.3 Å². The van der Waals surface area contributed by atoms with Crippen LogP contribution in [0.25, 0.3) is 0 Å². The highest BCUT2D eigenvalue weighted by molar-refractivity contribution is 7.17. The van der Waals surface area contributed by atoms with Crippen molar-refractivity contribution in [2.75, 3.05) is 12.3 Å². The minimum atomic E-state index is 0.573. The van der Waals surface area contributed by atoms with Crippen molar-refractivity contribution >= 4 is 16.3 Å². The van der Waals surface area contributed by atoms with E-state index in [9.17, 15) is 0 Å². The lowest BCUT2D eigenvalue weighted by Gasteiger charge is -2.01. The molecule has 0 bridgehead atoms. The summed E-state index contributed by atoms with van der Waals surface area (Å²) in [6, 6.07) is 5.83. The molecule has 5 heteroatoms. The minimum absolute atomic E-state index is 0.573. The number of nitrogens with zero attached hydrogens (tertiary/aromatic N) is 2. The van der Waals surface area contributed by atoms with Gasteiger partial charge in [0.15, 0.2) is 0 Å². The quantitative estimate of drug-likeness (QED) is 0.854. The lowest BCUT2D eigenvalue weighted by molar-refractivity contribution is 0.319. The molecule has 2 heterocycles. The van der Waals surface area contributed by atoms with Gasteiger partial charge in [-0.05, 0) is 12.1 Å². The van der Waals surface area contributed by atoms with E-state index in [1.54, 1.807) is 12.4 Å². The van der Waals surface area contributed by atoms with Crippen LogP contribution in [0.15, 0.2) is 30.6 Å². The summed E-state index contributed by atoms with van der Waals surface area (Å²) in [6.45, 7) is 0.573. The lowest BCUT2D eigenvalue weighted by Crippen LogP contribution is -2.02. The fourth-order valence-corrected chi connectivity index (χ4v) is 1.68. The van der Waals surface area contributed by atoms with Gasteiger partial charge in [0, 0.05) is 18.3 Å². The van der Waals surface area contributed by atoms with Crippen molar-refractivity contribution in [2.45, 2.75) is 6.42 Å². The molecule has 0 unspecified atom stereocenters. The molecule has 2 aromatic rings. The second kappa shape index (κ2) is 4.75. The van der Waals surface area contributed by atoms with E-state index in [-0.39, 0.29) is 0 Å². The van der Waals surface area contributed by atoms with Crippen molar-refractivity contribution in [3.05, 3.63) is 36.3 Å². The second-order valence-corrected chi connectivity index (χ2v) is 3.97. The number of hydrogen-bond acceptors (Lipinski definition) is 5. The van der Waals surface area contributed by atoms with E-state index in [0.717, 1.165) is 12.1 Å². The van der Waals surface area contributed by atoms with Crippen LogP contribution in [-0.4, -0.2) is 16.6 Å². The molecule has 0 radical (unpaired) electrons. The Morgan fingerprint density at radius 2 is 2.27 bits per heavy atom. The molecule has 0 aliphatic heterocycles. The molecule has 0 amide bonds. The molecular formula is C10H11N3OS. The van der Waals surface area contributed by atoms with Gasteiger partial charge in [0.25, 0.3) is 5.19 Å². The fraction of sp³-hybridized carbons (Fsp3) is 0.200. The van der Waals surface area contributed by atoms with Crippen molar-refractivity contribution in [1.82, 2.24) is 9.97 Å². The normalized spacial score (nSPS) is 10.1. The first-order valence-electron chi connectivity index (χ1n) is 4.58. The molecule has 2 rings (SSSR count). The molecule has 0 fully saturated rings. The van der Waals surface area contributed by atoms with Gasteiger partial charge in [-0.1, -0.05) is 17.4 Å². The summed E-state index contributed by atoms with van der Waals surface area (Å²) in [5, 5.41) is 1.28. The van der Waals surface area contributed by atoms with Crippen LogP contribution in [0, 0.1) is 0 Å². The molecule has 0 spiro atoms. The average Bonchev–Trinajstić information content (AvgIpc) is 2.66. The van der Waals surface area contributed by atoms with E-state index >= 15 is 0 Å². The SMILES string of the molecule is Nc1cnc(OCCc2ccccn2)s1. The maximum absolute atomic E-state index is 5.53. The first-order valence-corrected chi connectivity index (χ1v) is 5.40. The Morgan fingerprint density at radius 3 is 2.93 bits per heavy atom. The van der Waals surface area contributed by atoms with E-state index in [0.29, 0.717) is 16.8 Å². The van der Waals surface area contributed by atoms with Gasteiger partial charge >= 0.3 is 0 Å². The molecule has 78 valence electrons. The van der Waals surface area contributed by atoms with Gasteiger partial charge < -0.3 is 10.5 Å². The summed E-state index contributed by atoms with van der Waals surface area (Å²) in [6.07, 6.45) is 4.15. The number of hydrogen-bond donors (Lipinski definition) is 1. The minimum Gasteiger partial charge on any atom is -0.470 e. The molecule has 0 saturated carbocycles.